The first kappa shape index (κ1) is 27.8. The lowest BCUT2D eigenvalue weighted by atomic mass is 9.77. The number of hydrogen-bond acceptors (Lipinski definition) is 7. The maximum absolute atomic E-state index is 12.4. The molecule has 2 aromatic rings. The molecule has 3 unspecified atom stereocenters. The average molecular weight is 633 g/mol. The third kappa shape index (κ3) is 4.81. The standard InChI is InChI=1S/C34H36N2O2S4/c1-38-41-27-11-12-28-33-25(27)5-3-15-35(33)31(39-28)19-21-7-9-23-10-8-22(18-24(23)17-21)20-32-36-16-4-6-26-30(42(2)37)14-13-29(40-32)34(26)36/h11-14,17-20,23,31H,3-10,15-16H2,1-2H3/b21-19+,32-20-. The van der Waals surface area contributed by atoms with Crippen LogP contribution in [0.15, 0.2) is 89.9 Å². The fourth-order valence-electron chi connectivity index (χ4n) is 7.63. The van der Waals surface area contributed by atoms with Gasteiger partial charge < -0.3 is 18.5 Å². The minimum Gasteiger partial charge on any atom is -0.612 e. The van der Waals surface area contributed by atoms with Crippen molar-refractivity contribution in [1.29, 1.82) is 0 Å². The van der Waals surface area contributed by atoms with E-state index in [4.69, 9.17) is 4.18 Å². The summed E-state index contributed by atoms with van der Waals surface area (Å²) in [6.07, 6.45) is 21.2. The molecule has 218 valence electrons. The topological polar surface area (TPSA) is 38.8 Å². The Kier molecular flexibility index (Phi) is 7.52. The summed E-state index contributed by atoms with van der Waals surface area (Å²) in [6, 6.07) is 8.83. The van der Waals surface area contributed by atoms with Crippen LogP contribution >= 0.6 is 35.6 Å². The lowest BCUT2D eigenvalue weighted by Crippen LogP contribution is -2.33. The highest BCUT2D eigenvalue weighted by Gasteiger charge is 2.36. The Morgan fingerprint density at radius 2 is 1.81 bits per heavy atom. The zero-order valence-electron chi connectivity index (χ0n) is 24.2. The van der Waals surface area contributed by atoms with Crippen LogP contribution in [0.4, 0.5) is 11.4 Å². The van der Waals surface area contributed by atoms with Crippen molar-refractivity contribution >= 4 is 58.1 Å². The molecule has 0 radical (unpaired) electrons. The highest BCUT2D eigenvalue weighted by atomic mass is 32.2. The molecular formula is C34H36N2O2S4. The van der Waals surface area contributed by atoms with Crippen molar-refractivity contribution in [3.05, 3.63) is 81.4 Å². The van der Waals surface area contributed by atoms with Gasteiger partial charge in [0.25, 0.3) is 0 Å². The van der Waals surface area contributed by atoms with Crippen LogP contribution in [0.2, 0.25) is 0 Å². The zero-order chi connectivity index (χ0) is 28.4. The van der Waals surface area contributed by atoms with Crippen LogP contribution in [0.25, 0.3) is 0 Å². The van der Waals surface area contributed by atoms with E-state index in [1.807, 2.05) is 29.8 Å². The molecule has 3 atom stereocenters. The van der Waals surface area contributed by atoms with Crippen molar-refractivity contribution in [2.24, 2.45) is 5.92 Å². The van der Waals surface area contributed by atoms with E-state index < -0.39 is 11.2 Å². The summed E-state index contributed by atoms with van der Waals surface area (Å²) in [5.41, 5.74) is 10.0. The van der Waals surface area contributed by atoms with Crippen LogP contribution in [0.5, 0.6) is 0 Å². The number of thioether (sulfide) groups is 2. The summed E-state index contributed by atoms with van der Waals surface area (Å²) in [5, 5.41) is 1.72. The molecular weight excluding hydrogens is 597 g/mol. The maximum atomic E-state index is 12.4. The van der Waals surface area contributed by atoms with Crippen LogP contribution in [0.3, 0.4) is 0 Å². The monoisotopic (exact) mass is 632 g/mol. The number of rotatable bonds is 5. The Balaban J connectivity index is 1.06. The van der Waals surface area contributed by atoms with Gasteiger partial charge in [0.1, 0.15) is 6.26 Å². The Labute approximate surface area is 265 Å². The number of anilines is 2. The highest BCUT2D eigenvalue weighted by Crippen LogP contribution is 2.53. The summed E-state index contributed by atoms with van der Waals surface area (Å²) in [4.78, 5) is 10.2. The molecule has 0 saturated heterocycles. The molecule has 4 heterocycles. The van der Waals surface area contributed by atoms with E-state index in [0.717, 1.165) is 43.7 Å². The van der Waals surface area contributed by atoms with Crippen LogP contribution in [0, 0.1) is 5.92 Å². The Bertz CT molecular complexity index is 1580. The van der Waals surface area contributed by atoms with Crippen LogP contribution < -0.4 is 9.80 Å². The lowest BCUT2D eigenvalue weighted by molar-refractivity contribution is 0.489. The smallest absolute Gasteiger partial charge is 0.157 e. The molecule has 0 saturated carbocycles. The van der Waals surface area contributed by atoms with E-state index in [-0.39, 0.29) is 0 Å². The van der Waals surface area contributed by atoms with Gasteiger partial charge in [-0.2, -0.15) is 0 Å². The summed E-state index contributed by atoms with van der Waals surface area (Å²) < 4.78 is 17.8. The first-order valence-corrected chi connectivity index (χ1v) is 19.2. The summed E-state index contributed by atoms with van der Waals surface area (Å²) in [7, 11) is 1.76. The normalized spacial score (nSPS) is 26.6. The van der Waals surface area contributed by atoms with Crippen LogP contribution in [-0.4, -0.2) is 36.4 Å². The van der Waals surface area contributed by atoms with E-state index >= 15 is 0 Å². The number of fused-ring (bicyclic) bond motifs is 1. The molecule has 2 aliphatic carbocycles. The second-order valence-corrected chi connectivity index (χ2v) is 16.5. The van der Waals surface area contributed by atoms with Crippen molar-refractivity contribution in [2.45, 2.75) is 76.3 Å². The van der Waals surface area contributed by atoms with Crippen molar-refractivity contribution in [1.82, 2.24) is 0 Å². The van der Waals surface area contributed by atoms with Gasteiger partial charge in [0.2, 0.25) is 0 Å². The zero-order valence-corrected chi connectivity index (χ0v) is 27.5. The van der Waals surface area contributed by atoms with Gasteiger partial charge in [-0.15, -0.1) is 0 Å². The molecule has 0 spiro atoms. The van der Waals surface area contributed by atoms with Gasteiger partial charge >= 0.3 is 0 Å². The molecule has 0 aromatic heterocycles. The van der Waals surface area contributed by atoms with E-state index in [9.17, 15) is 4.55 Å². The molecule has 0 bridgehead atoms. The summed E-state index contributed by atoms with van der Waals surface area (Å²) in [6.45, 7) is 2.18. The first-order valence-electron chi connectivity index (χ1n) is 15.2. The quantitative estimate of drug-likeness (QED) is 0.241. The minimum absolute atomic E-state index is 0.378. The van der Waals surface area contributed by atoms with E-state index in [1.54, 1.807) is 7.11 Å². The van der Waals surface area contributed by atoms with Crippen LogP contribution in [0.1, 0.15) is 49.7 Å². The molecule has 6 aliphatic rings. The van der Waals surface area contributed by atoms with Gasteiger partial charge in [-0.3, -0.25) is 0 Å². The summed E-state index contributed by atoms with van der Waals surface area (Å²) >= 11 is 4.47. The lowest BCUT2D eigenvalue weighted by Gasteiger charge is -2.32. The van der Waals surface area contributed by atoms with E-state index in [1.165, 1.54) is 96.7 Å². The maximum Gasteiger partial charge on any atom is 0.157 e. The van der Waals surface area contributed by atoms with Gasteiger partial charge in [0, 0.05) is 45.4 Å². The molecule has 8 heteroatoms. The van der Waals surface area contributed by atoms with Crippen molar-refractivity contribution in [2.75, 3.05) is 36.3 Å². The van der Waals surface area contributed by atoms with Gasteiger partial charge in [-0.25, -0.2) is 0 Å². The predicted octanol–water partition coefficient (Wildman–Crippen LogP) is 8.64. The average Bonchev–Trinajstić information content (AvgIpc) is 3.54. The predicted molar refractivity (Wildman–Crippen MR) is 179 cm³/mol. The van der Waals surface area contributed by atoms with Crippen molar-refractivity contribution < 1.29 is 8.74 Å². The molecule has 8 rings (SSSR count). The van der Waals surface area contributed by atoms with E-state index in [0.29, 0.717) is 11.3 Å². The summed E-state index contributed by atoms with van der Waals surface area (Å²) in [5.74, 6) is 0.685. The number of nitrogens with zero attached hydrogens (tertiary/aromatic N) is 2. The van der Waals surface area contributed by atoms with Crippen LogP contribution in [-0.2, 0) is 28.2 Å². The van der Waals surface area contributed by atoms with E-state index in [2.05, 4.69) is 58.4 Å². The fourth-order valence-corrected chi connectivity index (χ4v) is 11.6. The Morgan fingerprint density at radius 3 is 2.69 bits per heavy atom. The molecule has 0 N–H and O–H groups in total. The Hall–Kier alpha value is -1.68. The highest BCUT2D eigenvalue weighted by molar-refractivity contribution is 8.03. The number of benzene rings is 2. The molecule has 0 amide bonds. The van der Waals surface area contributed by atoms with Gasteiger partial charge in [-0.1, -0.05) is 35.7 Å². The fraction of sp³-hybridized carbons (Fsp3) is 0.412. The number of hydrogen-bond donors (Lipinski definition) is 0. The molecule has 2 aromatic carbocycles. The second-order valence-electron chi connectivity index (χ2n) is 12.0. The first-order chi connectivity index (χ1) is 20.6. The van der Waals surface area contributed by atoms with Crippen molar-refractivity contribution in [3.63, 3.8) is 0 Å². The SMILES string of the molecule is COSc1ccc2c3c1CCCN3C(/C=C1/C=C3C=C(/C=C4\Sc5ccc([S+](C)[O-])c6c5N4CCC6)CCC3CC1)S2. The second kappa shape index (κ2) is 11.4. The molecule has 4 nitrogen and oxygen atoms in total. The van der Waals surface area contributed by atoms with Gasteiger partial charge in [-0.05, 0) is 127 Å². The third-order valence-corrected chi connectivity index (χ3v) is 13.6. The van der Waals surface area contributed by atoms with Gasteiger partial charge in [0.05, 0.1) is 28.9 Å². The molecule has 42 heavy (non-hydrogen) atoms. The van der Waals surface area contributed by atoms with Crippen molar-refractivity contribution in [3.8, 4) is 0 Å². The number of allylic oxidation sites excluding steroid dienone is 6. The largest absolute Gasteiger partial charge is 0.612 e. The molecule has 4 aliphatic heterocycles. The van der Waals surface area contributed by atoms with Gasteiger partial charge in [0.15, 0.2) is 4.90 Å². The molecule has 0 fully saturated rings. The minimum atomic E-state index is -0.946. The Morgan fingerprint density at radius 1 is 0.976 bits per heavy atom. The third-order valence-electron chi connectivity index (χ3n) is 9.52.